The Balaban J connectivity index is 2.21. The first-order valence-corrected chi connectivity index (χ1v) is 6.81. The first kappa shape index (κ1) is 14.0. The highest BCUT2D eigenvalue weighted by molar-refractivity contribution is 5.97. The lowest BCUT2D eigenvalue weighted by Gasteiger charge is -2.30. The molecule has 1 amide bonds. The number of nitrogens with zero attached hydrogens (tertiary/aromatic N) is 1. The number of carbonyl (C=O) groups is 1. The van der Waals surface area contributed by atoms with E-state index in [1.165, 1.54) is 0 Å². The molecule has 0 spiro atoms. The molecule has 0 aromatic heterocycles. The molecule has 4 nitrogen and oxygen atoms in total. The molecule has 2 unspecified atom stereocenters. The zero-order valence-corrected chi connectivity index (χ0v) is 11.5. The third kappa shape index (κ3) is 3.33. The predicted octanol–water partition coefficient (Wildman–Crippen LogP) is 2.23. The first-order valence-electron chi connectivity index (χ1n) is 6.81. The standard InChI is InChI=1S/C15H21NO3/c1-3-19-12(2)15(17)16(14-9-10-18-11-14)13-7-5-4-6-8-13/h4-8,12,14H,3,9-11H2,1-2H3. The van der Waals surface area contributed by atoms with Crippen molar-refractivity contribution in [2.75, 3.05) is 24.7 Å². The number of hydrogen-bond donors (Lipinski definition) is 0. The summed E-state index contributed by atoms with van der Waals surface area (Å²) < 4.78 is 10.8. The van der Waals surface area contributed by atoms with Crippen molar-refractivity contribution in [3.05, 3.63) is 30.3 Å². The molecule has 2 atom stereocenters. The van der Waals surface area contributed by atoms with Gasteiger partial charge >= 0.3 is 0 Å². The van der Waals surface area contributed by atoms with Crippen LogP contribution in [0.3, 0.4) is 0 Å². The van der Waals surface area contributed by atoms with Crippen LogP contribution in [-0.4, -0.2) is 37.9 Å². The van der Waals surface area contributed by atoms with Gasteiger partial charge in [0.05, 0.1) is 12.6 Å². The van der Waals surface area contributed by atoms with Gasteiger partial charge in [0.2, 0.25) is 0 Å². The first-order chi connectivity index (χ1) is 9.24. The number of anilines is 1. The van der Waals surface area contributed by atoms with Gasteiger partial charge in [-0.15, -0.1) is 0 Å². The minimum absolute atomic E-state index is 0.00329. The van der Waals surface area contributed by atoms with Crippen LogP contribution in [0.1, 0.15) is 20.3 Å². The average Bonchev–Trinajstić information content (AvgIpc) is 2.94. The van der Waals surface area contributed by atoms with Crippen LogP contribution < -0.4 is 4.90 Å². The third-order valence-corrected chi connectivity index (χ3v) is 3.31. The van der Waals surface area contributed by atoms with Crippen molar-refractivity contribution in [1.29, 1.82) is 0 Å². The second-order valence-corrected chi connectivity index (χ2v) is 4.66. The van der Waals surface area contributed by atoms with Crippen LogP contribution in [0.25, 0.3) is 0 Å². The Labute approximate surface area is 114 Å². The third-order valence-electron chi connectivity index (χ3n) is 3.31. The molecule has 1 aliphatic heterocycles. The van der Waals surface area contributed by atoms with Gasteiger partial charge in [-0.05, 0) is 32.4 Å². The van der Waals surface area contributed by atoms with E-state index >= 15 is 0 Å². The van der Waals surface area contributed by atoms with Gasteiger partial charge in [0.1, 0.15) is 6.10 Å². The SMILES string of the molecule is CCOC(C)C(=O)N(c1ccccc1)C1CCOC1. The summed E-state index contributed by atoms with van der Waals surface area (Å²) in [5, 5.41) is 0. The maximum atomic E-state index is 12.6. The molecule has 1 fully saturated rings. The normalized spacial score (nSPS) is 20.2. The summed E-state index contributed by atoms with van der Waals surface area (Å²) in [6.45, 7) is 5.55. The van der Waals surface area contributed by atoms with Crippen LogP contribution in [0.2, 0.25) is 0 Å². The summed E-state index contributed by atoms with van der Waals surface area (Å²) in [7, 11) is 0. The zero-order chi connectivity index (χ0) is 13.7. The molecule has 0 radical (unpaired) electrons. The number of hydrogen-bond acceptors (Lipinski definition) is 3. The fourth-order valence-electron chi connectivity index (χ4n) is 2.35. The van der Waals surface area contributed by atoms with Crippen molar-refractivity contribution in [3.8, 4) is 0 Å². The second-order valence-electron chi connectivity index (χ2n) is 4.66. The molecular weight excluding hydrogens is 242 g/mol. The summed E-state index contributed by atoms with van der Waals surface area (Å²) in [5.41, 5.74) is 0.912. The largest absolute Gasteiger partial charge is 0.379 e. The van der Waals surface area contributed by atoms with Crippen LogP contribution in [0.4, 0.5) is 5.69 Å². The molecule has 1 aromatic carbocycles. The molecule has 2 rings (SSSR count). The van der Waals surface area contributed by atoms with Gasteiger partial charge in [-0.3, -0.25) is 4.79 Å². The van der Waals surface area contributed by atoms with E-state index in [-0.39, 0.29) is 11.9 Å². The molecule has 0 aliphatic carbocycles. The lowest BCUT2D eigenvalue weighted by atomic mass is 10.1. The Kier molecular flexibility index (Phi) is 4.93. The molecule has 1 aromatic rings. The van der Waals surface area contributed by atoms with E-state index in [1.807, 2.05) is 42.2 Å². The lowest BCUT2D eigenvalue weighted by Crippen LogP contribution is -2.46. The molecule has 19 heavy (non-hydrogen) atoms. The van der Waals surface area contributed by atoms with Crippen LogP contribution in [0, 0.1) is 0 Å². The number of para-hydroxylation sites is 1. The maximum absolute atomic E-state index is 12.6. The van der Waals surface area contributed by atoms with Crippen molar-refractivity contribution < 1.29 is 14.3 Å². The van der Waals surface area contributed by atoms with Gasteiger partial charge in [-0.2, -0.15) is 0 Å². The van der Waals surface area contributed by atoms with E-state index < -0.39 is 6.10 Å². The summed E-state index contributed by atoms with van der Waals surface area (Å²) in [6.07, 6.45) is 0.449. The van der Waals surface area contributed by atoms with E-state index in [2.05, 4.69) is 0 Å². The molecule has 1 saturated heterocycles. The predicted molar refractivity (Wildman–Crippen MR) is 74.2 cm³/mol. The van der Waals surface area contributed by atoms with Crippen LogP contribution in [-0.2, 0) is 14.3 Å². The number of benzene rings is 1. The lowest BCUT2D eigenvalue weighted by molar-refractivity contribution is -0.129. The Morgan fingerprint density at radius 2 is 2.21 bits per heavy atom. The molecular formula is C15H21NO3. The highest BCUT2D eigenvalue weighted by Crippen LogP contribution is 2.23. The van der Waals surface area contributed by atoms with Gasteiger partial charge in [0.15, 0.2) is 0 Å². The van der Waals surface area contributed by atoms with Crippen LogP contribution >= 0.6 is 0 Å². The molecule has 4 heteroatoms. The van der Waals surface area contributed by atoms with E-state index in [9.17, 15) is 4.79 Å². The van der Waals surface area contributed by atoms with Gasteiger partial charge in [-0.1, -0.05) is 18.2 Å². The van der Waals surface area contributed by atoms with Gasteiger partial charge in [-0.25, -0.2) is 0 Å². The summed E-state index contributed by atoms with van der Waals surface area (Å²) in [5.74, 6) is 0.00329. The number of rotatable bonds is 5. The van der Waals surface area contributed by atoms with E-state index in [0.29, 0.717) is 19.8 Å². The maximum Gasteiger partial charge on any atom is 0.256 e. The highest BCUT2D eigenvalue weighted by Gasteiger charge is 2.31. The summed E-state index contributed by atoms with van der Waals surface area (Å²) >= 11 is 0. The van der Waals surface area contributed by atoms with E-state index in [1.54, 1.807) is 6.92 Å². The van der Waals surface area contributed by atoms with Gasteiger partial charge < -0.3 is 14.4 Å². The Hall–Kier alpha value is -1.39. The van der Waals surface area contributed by atoms with Crippen molar-refractivity contribution in [2.24, 2.45) is 0 Å². The summed E-state index contributed by atoms with van der Waals surface area (Å²) in [4.78, 5) is 14.4. The fourth-order valence-corrected chi connectivity index (χ4v) is 2.35. The zero-order valence-electron chi connectivity index (χ0n) is 11.5. The smallest absolute Gasteiger partial charge is 0.256 e. The van der Waals surface area contributed by atoms with Gasteiger partial charge in [0.25, 0.3) is 5.91 Å². The van der Waals surface area contributed by atoms with Crippen molar-refractivity contribution >= 4 is 11.6 Å². The quantitative estimate of drug-likeness (QED) is 0.817. The number of ether oxygens (including phenoxy) is 2. The molecule has 1 aliphatic rings. The molecule has 0 bridgehead atoms. The van der Waals surface area contributed by atoms with Crippen molar-refractivity contribution in [1.82, 2.24) is 0 Å². The molecule has 104 valence electrons. The molecule has 0 N–H and O–H groups in total. The monoisotopic (exact) mass is 263 g/mol. The number of amides is 1. The van der Waals surface area contributed by atoms with Gasteiger partial charge in [0, 0.05) is 18.9 Å². The van der Waals surface area contributed by atoms with Crippen LogP contribution in [0.5, 0.6) is 0 Å². The minimum atomic E-state index is -0.425. The van der Waals surface area contributed by atoms with Crippen LogP contribution in [0.15, 0.2) is 30.3 Å². The minimum Gasteiger partial charge on any atom is -0.379 e. The number of carbonyl (C=O) groups excluding carboxylic acids is 1. The fraction of sp³-hybridized carbons (Fsp3) is 0.533. The van der Waals surface area contributed by atoms with Crippen molar-refractivity contribution in [3.63, 3.8) is 0 Å². The second kappa shape index (κ2) is 6.68. The Bertz CT molecular complexity index is 401. The highest BCUT2D eigenvalue weighted by atomic mass is 16.5. The van der Waals surface area contributed by atoms with E-state index in [0.717, 1.165) is 12.1 Å². The average molecular weight is 263 g/mol. The molecule has 1 heterocycles. The Morgan fingerprint density at radius 3 is 2.79 bits per heavy atom. The molecule has 0 saturated carbocycles. The van der Waals surface area contributed by atoms with E-state index in [4.69, 9.17) is 9.47 Å². The topological polar surface area (TPSA) is 38.8 Å². The van der Waals surface area contributed by atoms with Crippen molar-refractivity contribution in [2.45, 2.75) is 32.4 Å². The summed E-state index contributed by atoms with van der Waals surface area (Å²) in [6, 6.07) is 9.85. The Morgan fingerprint density at radius 1 is 1.47 bits per heavy atom.